The smallest absolute Gasteiger partial charge is 0.410 e. The first-order chi connectivity index (χ1) is 18.9. The number of rotatable bonds is 6. The maximum absolute atomic E-state index is 15.6. The van der Waals surface area contributed by atoms with Crippen molar-refractivity contribution < 1.29 is 32.3 Å². The van der Waals surface area contributed by atoms with Crippen molar-refractivity contribution in [2.45, 2.75) is 45.8 Å². The third-order valence-corrected chi connectivity index (χ3v) is 7.33. The van der Waals surface area contributed by atoms with Gasteiger partial charge in [-0.05, 0) is 51.9 Å². The Balaban J connectivity index is 1.66. The molecule has 3 heterocycles. The molecule has 0 bridgehead atoms. The van der Waals surface area contributed by atoms with Gasteiger partial charge in [0.1, 0.15) is 11.7 Å². The van der Waals surface area contributed by atoms with E-state index in [0.717, 1.165) is 6.21 Å². The van der Waals surface area contributed by atoms with Crippen molar-refractivity contribution >= 4 is 41.1 Å². The Bertz CT molecular complexity index is 1260. The number of halogens is 3. The number of dihydropyridines is 1. The number of alkyl halides is 2. The van der Waals surface area contributed by atoms with E-state index in [1.807, 2.05) is 18.9 Å². The van der Waals surface area contributed by atoms with Gasteiger partial charge in [-0.2, -0.15) is 0 Å². The van der Waals surface area contributed by atoms with Crippen LogP contribution >= 0.6 is 0 Å². The zero-order valence-electron chi connectivity index (χ0n) is 23.0. The molecule has 1 fully saturated rings. The minimum atomic E-state index is -3.02. The summed E-state index contributed by atoms with van der Waals surface area (Å²) in [6.07, 6.45) is -0.0483. The maximum Gasteiger partial charge on any atom is 0.410 e. The van der Waals surface area contributed by atoms with Crippen molar-refractivity contribution in [3.63, 3.8) is 0 Å². The number of hydrogen-bond donors (Lipinski definition) is 1. The average Bonchev–Trinajstić information content (AvgIpc) is 2.90. The van der Waals surface area contributed by atoms with Crippen LogP contribution in [0.25, 0.3) is 5.57 Å². The summed E-state index contributed by atoms with van der Waals surface area (Å²) < 4.78 is 48.1. The highest BCUT2D eigenvalue weighted by Crippen LogP contribution is 2.36. The molecular formula is C28H34F3N5O4. The molecule has 1 aromatic rings. The molecule has 216 valence electrons. The quantitative estimate of drug-likeness (QED) is 0.565. The fourth-order valence-electron chi connectivity index (χ4n) is 4.93. The standard InChI is InChI=1S/C28H34F3N5O4/c1-16(2)40-28(39)35-7-5-18(6-8-35)19-11-23(24(13-22(19)29)36-10-9-34(4)17(3)15-36)33-27(38)21-14-32-25(37)12-20(21)26(30)31/h5,11-14,16-17,21,26H,6-10,15H2,1-4H3,(H,33,38)/t17-,21?/m0/s1. The first-order valence-electron chi connectivity index (χ1n) is 13.3. The number of aliphatic imine (C=N–C) groups is 1. The van der Waals surface area contributed by atoms with Crippen LogP contribution in [0.4, 0.5) is 29.3 Å². The Hall–Kier alpha value is -3.67. The van der Waals surface area contributed by atoms with Crippen LogP contribution in [0.2, 0.25) is 0 Å². The molecule has 1 saturated heterocycles. The molecule has 0 radical (unpaired) electrons. The van der Waals surface area contributed by atoms with E-state index in [-0.39, 0.29) is 29.9 Å². The van der Waals surface area contributed by atoms with Gasteiger partial charge in [0.05, 0.1) is 17.5 Å². The second-order valence-corrected chi connectivity index (χ2v) is 10.5. The highest BCUT2D eigenvalue weighted by atomic mass is 19.3. The predicted octanol–water partition coefficient (Wildman–Crippen LogP) is 3.96. The number of nitrogens with one attached hydrogen (secondary N) is 1. The monoisotopic (exact) mass is 561 g/mol. The highest BCUT2D eigenvalue weighted by molar-refractivity contribution is 6.11. The number of nitrogens with zero attached hydrogens (tertiary/aromatic N) is 4. The molecule has 3 aliphatic heterocycles. The number of likely N-dealkylation sites (N-methyl/N-ethyl adjacent to an activating group) is 1. The number of ether oxygens (including phenoxy) is 1. The molecule has 1 unspecified atom stereocenters. The summed E-state index contributed by atoms with van der Waals surface area (Å²) in [6, 6.07) is 3.02. The van der Waals surface area contributed by atoms with Gasteiger partial charge in [0.2, 0.25) is 5.91 Å². The first-order valence-corrected chi connectivity index (χ1v) is 13.3. The van der Waals surface area contributed by atoms with Gasteiger partial charge in [0, 0.05) is 62.2 Å². The second-order valence-electron chi connectivity index (χ2n) is 10.5. The molecule has 4 rings (SSSR count). The molecule has 0 aromatic heterocycles. The van der Waals surface area contributed by atoms with Crippen molar-refractivity contribution in [1.29, 1.82) is 0 Å². The lowest BCUT2D eigenvalue weighted by Gasteiger charge is -2.40. The van der Waals surface area contributed by atoms with Gasteiger partial charge >= 0.3 is 6.09 Å². The highest BCUT2D eigenvalue weighted by Gasteiger charge is 2.32. The molecule has 1 N–H and O–H groups in total. The van der Waals surface area contributed by atoms with Crippen LogP contribution in [-0.2, 0) is 14.3 Å². The summed E-state index contributed by atoms with van der Waals surface area (Å²) in [5.74, 6) is -3.60. The molecule has 0 spiro atoms. The van der Waals surface area contributed by atoms with Gasteiger partial charge in [-0.1, -0.05) is 6.08 Å². The van der Waals surface area contributed by atoms with Gasteiger partial charge in [0.15, 0.2) is 0 Å². The van der Waals surface area contributed by atoms with Crippen molar-refractivity contribution in [1.82, 2.24) is 9.80 Å². The van der Waals surface area contributed by atoms with Crippen LogP contribution in [0.3, 0.4) is 0 Å². The Morgan fingerprint density at radius 3 is 2.55 bits per heavy atom. The van der Waals surface area contributed by atoms with Crippen LogP contribution in [-0.4, -0.2) is 92.3 Å². The molecule has 9 nitrogen and oxygen atoms in total. The first kappa shape index (κ1) is 29.3. The fraction of sp³-hybridized carbons (Fsp3) is 0.500. The van der Waals surface area contributed by atoms with Gasteiger partial charge in [-0.25, -0.2) is 23.0 Å². The third-order valence-electron chi connectivity index (χ3n) is 7.33. The predicted molar refractivity (Wildman–Crippen MR) is 146 cm³/mol. The number of amides is 3. The van der Waals surface area contributed by atoms with Crippen LogP contribution in [0.5, 0.6) is 0 Å². The summed E-state index contributed by atoms with van der Waals surface area (Å²) in [7, 11) is 1.99. The second kappa shape index (κ2) is 12.2. The summed E-state index contributed by atoms with van der Waals surface area (Å²) in [5.41, 5.74) is 0.949. The zero-order valence-corrected chi connectivity index (χ0v) is 23.0. The fourth-order valence-corrected chi connectivity index (χ4v) is 4.93. The normalized spacial score (nSPS) is 22.0. The van der Waals surface area contributed by atoms with Gasteiger partial charge in [0.25, 0.3) is 12.3 Å². The number of piperazine rings is 1. The van der Waals surface area contributed by atoms with Crippen LogP contribution in [0.15, 0.2) is 34.9 Å². The molecule has 2 atom stereocenters. The van der Waals surface area contributed by atoms with E-state index >= 15 is 4.39 Å². The minimum Gasteiger partial charge on any atom is -0.447 e. The number of hydrogen-bond acceptors (Lipinski definition) is 6. The summed E-state index contributed by atoms with van der Waals surface area (Å²) in [5, 5.41) is 2.71. The van der Waals surface area contributed by atoms with Gasteiger partial charge < -0.3 is 24.8 Å². The van der Waals surface area contributed by atoms with E-state index in [4.69, 9.17) is 4.74 Å². The Labute approximate surface area is 231 Å². The van der Waals surface area contributed by atoms with Crippen molar-refractivity contribution in [2.75, 3.05) is 50.0 Å². The Morgan fingerprint density at radius 2 is 1.93 bits per heavy atom. The van der Waals surface area contributed by atoms with Crippen LogP contribution < -0.4 is 10.2 Å². The maximum atomic E-state index is 15.6. The van der Waals surface area contributed by atoms with Crippen molar-refractivity contribution in [2.24, 2.45) is 10.9 Å². The summed E-state index contributed by atoms with van der Waals surface area (Å²) >= 11 is 0. The van der Waals surface area contributed by atoms with E-state index < -0.39 is 41.6 Å². The topological polar surface area (TPSA) is 94.5 Å². The molecule has 40 heavy (non-hydrogen) atoms. The number of benzene rings is 1. The largest absolute Gasteiger partial charge is 0.447 e. The SMILES string of the molecule is CC(C)OC(=O)N1CC=C(c2cc(NC(=O)C3C=NC(=O)C=C3C(F)F)c(N3CCN(C)[C@@H](C)C3)cc2F)CC1. The molecule has 1 aromatic carbocycles. The molecule has 3 aliphatic rings. The average molecular weight is 562 g/mol. The molecular weight excluding hydrogens is 527 g/mol. The Morgan fingerprint density at radius 1 is 1.18 bits per heavy atom. The minimum absolute atomic E-state index is 0.155. The molecule has 3 amide bonds. The summed E-state index contributed by atoms with van der Waals surface area (Å²) in [6.45, 7) is 7.95. The molecule has 12 heteroatoms. The van der Waals surface area contributed by atoms with E-state index in [0.29, 0.717) is 49.9 Å². The van der Waals surface area contributed by atoms with Gasteiger partial charge in [-0.15, -0.1) is 0 Å². The molecule has 0 saturated carbocycles. The van der Waals surface area contributed by atoms with Gasteiger partial charge in [-0.3, -0.25) is 9.59 Å². The van der Waals surface area contributed by atoms with E-state index in [9.17, 15) is 23.2 Å². The van der Waals surface area contributed by atoms with E-state index in [1.165, 1.54) is 17.0 Å². The molecule has 0 aliphatic carbocycles. The van der Waals surface area contributed by atoms with E-state index in [2.05, 4.69) is 15.2 Å². The summed E-state index contributed by atoms with van der Waals surface area (Å²) in [4.78, 5) is 46.2. The third kappa shape index (κ3) is 6.55. The van der Waals surface area contributed by atoms with Crippen LogP contribution in [0, 0.1) is 11.7 Å². The Kier molecular flexibility index (Phi) is 8.97. The lowest BCUT2D eigenvalue weighted by molar-refractivity contribution is -0.117. The van der Waals surface area contributed by atoms with Crippen LogP contribution in [0.1, 0.15) is 32.8 Å². The number of carbonyl (C=O) groups is 3. The zero-order chi connectivity index (χ0) is 29.1. The lowest BCUT2D eigenvalue weighted by Crippen LogP contribution is -2.50. The van der Waals surface area contributed by atoms with E-state index in [1.54, 1.807) is 19.9 Å². The van der Waals surface area contributed by atoms with Crippen molar-refractivity contribution in [3.05, 3.63) is 41.2 Å². The number of anilines is 2. The lowest BCUT2D eigenvalue weighted by atomic mass is 9.95. The van der Waals surface area contributed by atoms with Crippen molar-refractivity contribution in [3.8, 4) is 0 Å². The number of carbonyl (C=O) groups excluding carboxylic acids is 3.